The van der Waals surface area contributed by atoms with Crippen LogP contribution in [0, 0.1) is 5.92 Å². The average Bonchev–Trinajstić information content (AvgIpc) is 2.47. The monoisotopic (exact) mass is 311 g/mol. The van der Waals surface area contributed by atoms with E-state index in [1.165, 1.54) is 0 Å². The van der Waals surface area contributed by atoms with Gasteiger partial charge in [0.2, 0.25) is 5.91 Å². The van der Waals surface area contributed by atoms with Gasteiger partial charge in [-0.25, -0.2) is 0 Å². The lowest BCUT2D eigenvalue weighted by molar-refractivity contribution is -0.131. The fourth-order valence-corrected chi connectivity index (χ4v) is 3.58. The van der Waals surface area contributed by atoms with E-state index in [0.717, 1.165) is 48.2 Å². The minimum atomic E-state index is 0.0181. The summed E-state index contributed by atoms with van der Waals surface area (Å²) in [6, 6.07) is 7.73. The molecule has 1 aromatic carbocycles. The Balaban J connectivity index is 1.97. The molecule has 1 aliphatic heterocycles. The molecule has 110 valence electrons. The molecule has 1 unspecified atom stereocenters. The van der Waals surface area contributed by atoms with Crippen molar-refractivity contribution in [1.82, 2.24) is 4.90 Å². The molecule has 0 bridgehead atoms. The summed E-state index contributed by atoms with van der Waals surface area (Å²) < 4.78 is 0. The van der Waals surface area contributed by atoms with Crippen LogP contribution in [-0.2, 0) is 4.79 Å². The van der Waals surface area contributed by atoms with E-state index in [1.807, 2.05) is 29.2 Å². The second kappa shape index (κ2) is 7.37. The lowest BCUT2D eigenvalue weighted by Gasteiger charge is -2.32. The molecule has 2 nitrogen and oxygen atoms in total. The molecule has 0 saturated carbocycles. The van der Waals surface area contributed by atoms with Gasteiger partial charge in [-0.3, -0.25) is 4.79 Å². The maximum absolute atomic E-state index is 12.6. The van der Waals surface area contributed by atoms with Gasteiger partial charge in [-0.05, 0) is 49.4 Å². The highest BCUT2D eigenvalue weighted by Crippen LogP contribution is 2.29. The van der Waals surface area contributed by atoms with Gasteiger partial charge in [-0.2, -0.15) is 0 Å². The Bertz CT molecular complexity index is 440. The minimum absolute atomic E-state index is 0.0181. The summed E-state index contributed by atoms with van der Waals surface area (Å²) in [5, 5.41) is 0.753. The average molecular weight is 312 g/mol. The fraction of sp³-hybridized carbons (Fsp3) is 0.562. The van der Waals surface area contributed by atoms with E-state index in [1.54, 1.807) is 11.8 Å². The number of halogens is 1. The summed E-state index contributed by atoms with van der Waals surface area (Å²) in [4.78, 5) is 15.7. The maximum Gasteiger partial charge on any atom is 0.236 e. The second-order valence-corrected chi connectivity index (χ2v) is 7.19. The van der Waals surface area contributed by atoms with E-state index in [0.29, 0.717) is 5.91 Å². The Morgan fingerprint density at radius 2 is 1.95 bits per heavy atom. The van der Waals surface area contributed by atoms with E-state index in [-0.39, 0.29) is 5.25 Å². The third-order valence-electron chi connectivity index (χ3n) is 3.83. The van der Waals surface area contributed by atoms with Crippen LogP contribution in [0.15, 0.2) is 29.2 Å². The number of piperidine rings is 1. The van der Waals surface area contributed by atoms with Gasteiger partial charge < -0.3 is 4.90 Å². The van der Waals surface area contributed by atoms with E-state index in [2.05, 4.69) is 13.8 Å². The van der Waals surface area contributed by atoms with Gasteiger partial charge in [0.25, 0.3) is 0 Å². The highest BCUT2D eigenvalue weighted by atomic mass is 35.5. The van der Waals surface area contributed by atoms with Gasteiger partial charge in [0.1, 0.15) is 0 Å². The van der Waals surface area contributed by atoms with Gasteiger partial charge in [-0.1, -0.05) is 25.4 Å². The van der Waals surface area contributed by atoms with Gasteiger partial charge in [0, 0.05) is 23.0 Å². The minimum Gasteiger partial charge on any atom is -0.342 e. The number of benzene rings is 1. The second-order valence-electron chi connectivity index (χ2n) is 5.48. The van der Waals surface area contributed by atoms with Crippen LogP contribution >= 0.6 is 23.4 Å². The molecule has 0 aromatic heterocycles. The number of carbonyl (C=O) groups is 1. The number of rotatable bonds is 4. The van der Waals surface area contributed by atoms with Gasteiger partial charge in [0.05, 0.1) is 5.25 Å². The van der Waals surface area contributed by atoms with Crippen LogP contribution in [0.4, 0.5) is 0 Å². The Labute approximate surface area is 130 Å². The van der Waals surface area contributed by atoms with E-state index in [9.17, 15) is 4.79 Å². The predicted octanol–water partition coefficient (Wildman–Crippen LogP) is 4.47. The smallest absolute Gasteiger partial charge is 0.236 e. The van der Waals surface area contributed by atoms with Crippen molar-refractivity contribution in [1.29, 1.82) is 0 Å². The van der Waals surface area contributed by atoms with Crippen molar-refractivity contribution in [3.8, 4) is 0 Å². The van der Waals surface area contributed by atoms with Crippen molar-refractivity contribution < 1.29 is 4.79 Å². The summed E-state index contributed by atoms with van der Waals surface area (Å²) in [6.07, 6.45) is 3.12. The van der Waals surface area contributed by atoms with Crippen molar-refractivity contribution >= 4 is 29.3 Å². The molecular formula is C16H22ClNOS. The normalized spacial score (nSPS) is 18.1. The summed E-state index contributed by atoms with van der Waals surface area (Å²) in [5.41, 5.74) is 0. The van der Waals surface area contributed by atoms with E-state index >= 15 is 0 Å². The zero-order chi connectivity index (χ0) is 14.5. The van der Waals surface area contributed by atoms with Crippen LogP contribution in [0.1, 0.15) is 33.1 Å². The van der Waals surface area contributed by atoms with Crippen molar-refractivity contribution in [2.24, 2.45) is 5.92 Å². The van der Waals surface area contributed by atoms with Crippen molar-refractivity contribution in [3.05, 3.63) is 29.3 Å². The molecule has 0 spiro atoms. The SMILES string of the molecule is CCC(Sc1ccc(Cl)cc1)C(=O)N1CCC(C)CC1. The number of carbonyl (C=O) groups excluding carboxylic acids is 1. The number of hydrogen-bond acceptors (Lipinski definition) is 2. The van der Waals surface area contributed by atoms with Crippen LogP contribution < -0.4 is 0 Å². The molecule has 0 N–H and O–H groups in total. The molecule has 20 heavy (non-hydrogen) atoms. The first kappa shape index (κ1) is 15.7. The van der Waals surface area contributed by atoms with Crippen molar-refractivity contribution in [3.63, 3.8) is 0 Å². The first-order valence-electron chi connectivity index (χ1n) is 7.31. The number of amides is 1. The Hall–Kier alpha value is -0.670. The maximum atomic E-state index is 12.6. The molecule has 1 aliphatic rings. The third-order valence-corrected chi connectivity index (χ3v) is 5.45. The molecule has 0 aliphatic carbocycles. The van der Waals surface area contributed by atoms with E-state index in [4.69, 9.17) is 11.6 Å². The molecule has 1 atom stereocenters. The van der Waals surface area contributed by atoms with Crippen LogP contribution in [0.5, 0.6) is 0 Å². The fourth-order valence-electron chi connectivity index (χ4n) is 2.42. The zero-order valence-corrected chi connectivity index (χ0v) is 13.7. The number of nitrogens with zero attached hydrogens (tertiary/aromatic N) is 1. The number of likely N-dealkylation sites (tertiary alicyclic amines) is 1. The highest BCUT2D eigenvalue weighted by molar-refractivity contribution is 8.00. The van der Waals surface area contributed by atoms with Crippen molar-refractivity contribution in [2.45, 2.75) is 43.3 Å². The molecule has 4 heteroatoms. The quantitative estimate of drug-likeness (QED) is 0.765. The van der Waals surface area contributed by atoms with Crippen LogP contribution in [0.3, 0.4) is 0 Å². The Morgan fingerprint density at radius 1 is 1.35 bits per heavy atom. The lowest BCUT2D eigenvalue weighted by Crippen LogP contribution is -2.42. The number of hydrogen-bond donors (Lipinski definition) is 0. The van der Waals surface area contributed by atoms with Crippen LogP contribution in [0.2, 0.25) is 5.02 Å². The molecule has 0 radical (unpaired) electrons. The largest absolute Gasteiger partial charge is 0.342 e. The first-order valence-corrected chi connectivity index (χ1v) is 8.57. The highest BCUT2D eigenvalue weighted by Gasteiger charge is 2.26. The van der Waals surface area contributed by atoms with Crippen LogP contribution in [-0.4, -0.2) is 29.1 Å². The summed E-state index contributed by atoms with van der Waals surface area (Å²) in [5.74, 6) is 1.04. The molecule has 1 aromatic rings. The Morgan fingerprint density at radius 3 is 2.50 bits per heavy atom. The molecule has 1 saturated heterocycles. The summed E-state index contributed by atoms with van der Waals surface area (Å²) in [6.45, 7) is 6.18. The molecular weight excluding hydrogens is 290 g/mol. The molecule has 1 heterocycles. The van der Waals surface area contributed by atoms with Gasteiger partial charge >= 0.3 is 0 Å². The van der Waals surface area contributed by atoms with E-state index < -0.39 is 0 Å². The van der Waals surface area contributed by atoms with Gasteiger partial charge in [0.15, 0.2) is 0 Å². The third kappa shape index (κ3) is 4.16. The summed E-state index contributed by atoms with van der Waals surface area (Å²) >= 11 is 7.55. The lowest BCUT2D eigenvalue weighted by atomic mass is 9.99. The first-order chi connectivity index (χ1) is 9.60. The Kier molecular flexibility index (Phi) is 5.79. The molecule has 1 amide bonds. The predicted molar refractivity (Wildman–Crippen MR) is 86.4 cm³/mol. The van der Waals surface area contributed by atoms with Crippen LogP contribution in [0.25, 0.3) is 0 Å². The molecule has 2 rings (SSSR count). The zero-order valence-electron chi connectivity index (χ0n) is 12.1. The standard InChI is InChI=1S/C16H22ClNOS/c1-3-15(20-14-6-4-13(17)5-7-14)16(19)18-10-8-12(2)9-11-18/h4-7,12,15H,3,8-11H2,1-2H3. The van der Waals surface area contributed by atoms with Gasteiger partial charge in [-0.15, -0.1) is 11.8 Å². The molecule has 1 fully saturated rings. The summed E-state index contributed by atoms with van der Waals surface area (Å²) in [7, 11) is 0. The number of thioether (sulfide) groups is 1. The topological polar surface area (TPSA) is 20.3 Å². The van der Waals surface area contributed by atoms with Crippen molar-refractivity contribution in [2.75, 3.05) is 13.1 Å².